The number of H-pyrrole nitrogens is 1. The number of hydrogen-bond acceptors (Lipinski definition) is 2. The van der Waals surface area contributed by atoms with Crippen LogP contribution in [0.4, 0.5) is 0 Å². The van der Waals surface area contributed by atoms with Crippen molar-refractivity contribution in [1.82, 2.24) is 4.98 Å². The van der Waals surface area contributed by atoms with Crippen LogP contribution in [0.5, 0.6) is 0 Å². The van der Waals surface area contributed by atoms with E-state index in [1.54, 1.807) is 18.2 Å². The van der Waals surface area contributed by atoms with E-state index in [9.17, 15) is 4.79 Å². The Kier molecular flexibility index (Phi) is 2.88. The van der Waals surface area contributed by atoms with Crippen molar-refractivity contribution in [1.29, 1.82) is 0 Å². The topological polar surface area (TPSA) is 42.1 Å². The van der Waals surface area contributed by atoms with Crippen LogP contribution in [0.15, 0.2) is 24.3 Å². The molecular formula is C12H12ClNO2. The molecule has 4 heteroatoms. The van der Waals surface area contributed by atoms with Gasteiger partial charge in [0.05, 0.1) is 6.10 Å². The Hall–Kier alpha value is -1.48. The van der Waals surface area contributed by atoms with E-state index >= 15 is 0 Å². The third-order valence-electron chi connectivity index (χ3n) is 2.15. The maximum atomic E-state index is 11.6. The van der Waals surface area contributed by atoms with Gasteiger partial charge >= 0.3 is 5.97 Å². The van der Waals surface area contributed by atoms with Gasteiger partial charge in [-0.2, -0.15) is 0 Å². The summed E-state index contributed by atoms with van der Waals surface area (Å²) in [6.07, 6.45) is -0.123. The highest BCUT2D eigenvalue weighted by Gasteiger charge is 2.12. The minimum Gasteiger partial charge on any atom is -0.458 e. The van der Waals surface area contributed by atoms with E-state index in [0.29, 0.717) is 10.7 Å². The van der Waals surface area contributed by atoms with E-state index < -0.39 is 0 Å². The fourth-order valence-corrected chi connectivity index (χ4v) is 1.67. The molecule has 0 amide bonds. The molecule has 1 aromatic carbocycles. The number of fused-ring (bicyclic) bond motifs is 1. The molecule has 0 fully saturated rings. The molecule has 0 aliphatic carbocycles. The zero-order chi connectivity index (χ0) is 11.7. The molecule has 0 radical (unpaired) electrons. The Morgan fingerprint density at radius 1 is 1.38 bits per heavy atom. The molecular weight excluding hydrogens is 226 g/mol. The lowest BCUT2D eigenvalue weighted by Gasteiger charge is -2.05. The van der Waals surface area contributed by atoms with Crippen LogP contribution in [-0.4, -0.2) is 17.1 Å². The predicted octanol–water partition coefficient (Wildman–Crippen LogP) is 3.39. The van der Waals surface area contributed by atoms with E-state index in [-0.39, 0.29) is 12.1 Å². The van der Waals surface area contributed by atoms with Gasteiger partial charge in [0.15, 0.2) is 0 Å². The van der Waals surface area contributed by atoms with Crippen LogP contribution in [0.25, 0.3) is 10.9 Å². The predicted molar refractivity (Wildman–Crippen MR) is 63.9 cm³/mol. The number of benzene rings is 1. The first kappa shape index (κ1) is 11.0. The summed E-state index contributed by atoms with van der Waals surface area (Å²) in [7, 11) is 0. The van der Waals surface area contributed by atoms with Gasteiger partial charge in [-0.1, -0.05) is 11.6 Å². The Bertz CT molecular complexity index is 531. The lowest BCUT2D eigenvalue weighted by atomic mass is 10.2. The third-order valence-corrected chi connectivity index (χ3v) is 2.38. The molecule has 3 nitrogen and oxygen atoms in total. The van der Waals surface area contributed by atoms with Crippen molar-refractivity contribution < 1.29 is 9.53 Å². The smallest absolute Gasteiger partial charge is 0.355 e. The highest BCUT2D eigenvalue weighted by atomic mass is 35.5. The SMILES string of the molecule is CC(C)OC(=O)c1cc2cc(Cl)ccc2[nH]1. The van der Waals surface area contributed by atoms with Crippen LogP contribution in [0.2, 0.25) is 5.02 Å². The molecule has 0 atom stereocenters. The number of esters is 1. The summed E-state index contributed by atoms with van der Waals surface area (Å²) in [6, 6.07) is 7.16. The fraction of sp³-hybridized carbons (Fsp3) is 0.250. The summed E-state index contributed by atoms with van der Waals surface area (Å²) >= 11 is 5.86. The quantitative estimate of drug-likeness (QED) is 0.814. The van der Waals surface area contributed by atoms with Gasteiger partial charge in [0, 0.05) is 15.9 Å². The average molecular weight is 238 g/mol. The molecule has 84 valence electrons. The second-order valence-electron chi connectivity index (χ2n) is 3.87. The highest BCUT2D eigenvalue weighted by Crippen LogP contribution is 2.20. The molecule has 2 rings (SSSR count). The number of ether oxygens (including phenoxy) is 1. The van der Waals surface area contributed by atoms with Crippen molar-refractivity contribution in [3.63, 3.8) is 0 Å². The number of nitrogens with one attached hydrogen (secondary N) is 1. The normalized spacial score (nSPS) is 11.0. The molecule has 0 aliphatic rings. The van der Waals surface area contributed by atoms with Crippen LogP contribution in [0.1, 0.15) is 24.3 Å². The van der Waals surface area contributed by atoms with Crippen molar-refractivity contribution in [2.75, 3.05) is 0 Å². The van der Waals surface area contributed by atoms with E-state index in [1.807, 2.05) is 19.9 Å². The Morgan fingerprint density at radius 3 is 2.81 bits per heavy atom. The van der Waals surface area contributed by atoms with Gasteiger partial charge in [-0.15, -0.1) is 0 Å². The lowest BCUT2D eigenvalue weighted by molar-refractivity contribution is 0.0372. The second kappa shape index (κ2) is 4.18. The molecule has 0 aliphatic heterocycles. The van der Waals surface area contributed by atoms with E-state index in [1.165, 1.54) is 0 Å². The summed E-state index contributed by atoms with van der Waals surface area (Å²) in [5.74, 6) is -0.345. The van der Waals surface area contributed by atoms with Gasteiger partial charge < -0.3 is 9.72 Å². The average Bonchev–Trinajstić information content (AvgIpc) is 2.59. The van der Waals surface area contributed by atoms with Crippen molar-refractivity contribution in [3.05, 3.63) is 35.0 Å². The molecule has 0 saturated heterocycles. The first-order valence-electron chi connectivity index (χ1n) is 5.05. The molecule has 0 bridgehead atoms. The zero-order valence-corrected chi connectivity index (χ0v) is 9.84. The monoisotopic (exact) mass is 237 g/mol. The van der Waals surface area contributed by atoms with Gasteiger partial charge in [-0.05, 0) is 38.1 Å². The van der Waals surface area contributed by atoms with Crippen molar-refractivity contribution in [2.24, 2.45) is 0 Å². The Labute approximate surface area is 98.4 Å². The van der Waals surface area contributed by atoms with Crippen LogP contribution in [-0.2, 0) is 4.74 Å². The fourth-order valence-electron chi connectivity index (χ4n) is 1.49. The van der Waals surface area contributed by atoms with Gasteiger partial charge in [0.1, 0.15) is 5.69 Å². The number of halogens is 1. The molecule has 16 heavy (non-hydrogen) atoms. The van der Waals surface area contributed by atoms with Crippen LogP contribution in [0.3, 0.4) is 0 Å². The van der Waals surface area contributed by atoms with Crippen LogP contribution >= 0.6 is 11.6 Å². The molecule has 0 spiro atoms. The number of rotatable bonds is 2. The molecule has 0 unspecified atom stereocenters. The number of aromatic nitrogens is 1. The van der Waals surface area contributed by atoms with Gasteiger partial charge in [0.25, 0.3) is 0 Å². The van der Waals surface area contributed by atoms with Crippen molar-refractivity contribution in [2.45, 2.75) is 20.0 Å². The van der Waals surface area contributed by atoms with E-state index in [4.69, 9.17) is 16.3 Å². The lowest BCUT2D eigenvalue weighted by Crippen LogP contribution is -2.11. The number of hydrogen-bond donors (Lipinski definition) is 1. The standard InChI is InChI=1S/C12H12ClNO2/c1-7(2)16-12(15)11-6-8-5-9(13)3-4-10(8)14-11/h3-7,14H,1-2H3. The Balaban J connectivity index is 2.36. The maximum Gasteiger partial charge on any atom is 0.355 e. The number of carbonyl (C=O) groups is 1. The van der Waals surface area contributed by atoms with E-state index in [0.717, 1.165) is 10.9 Å². The second-order valence-corrected chi connectivity index (χ2v) is 4.31. The summed E-state index contributed by atoms with van der Waals surface area (Å²) in [4.78, 5) is 14.6. The first-order valence-corrected chi connectivity index (χ1v) is 5.43. The van der Waals surface area contributed by atoms with Crippen LogP contribution < -0.4 is 0 Å². The minimum absolute atomic E-state index is 0.123. The largest absolute Gasteiger partial charge is 0.458 e. The minimum atomic E-state index is -0.345. The summed E-state index contributed by atoms with van der Waals surface area (Å²) in [5, 5.41) is 1.55. The molecule has 1 aromatic heterocycles. The van der Waals surface area contributed by atoms with Crippen LogP contribution in [0, 0.1) is 0 Å². The number of carbonyl (C=O) groups excluding carboxylic acids is 1. The van der Waals surface area contributed by atoms with Gasteiger partial charge in [-0.25, -0.2) is 4.79 Å². The summed E-state index contributed by atoms with van der Waals surface area (Å²) < 4.78 is 5.09. The zero-order valence-electron chi connectivity index (χ0n) is 9.08. The highest BCUT2D eigenvalue weighted by molar-refractivity contribution is 6.31. The van der Waals surface area contributed by atoms with Gasteiger partial charge in [0.2, 0.25) is 0 Å². The molecule has 0 saturated carbocycles. The first-order chi connectivity index (χ1) is 7.56. The molecule has 2 aromatic rings. The maximum absolute atomic E-state index is 11.6. The molecule has 1 N–H and O–H groups in total. The summed E-state index contributed by atoms with van der Waals surface area (Å²) in [6.45, 7) is 3.63. The van der Waals surface area contributed by atoms with Gasteiger partial charge in [-0.3, -0.25) is 0 Å². The van der Waals surface area contributed by atoms with E-state index in [2.05, 4.69) is 4.98 Å². The number of aromatic amines is 1. The van der Waals surface area contributed by atoms with Crippen molar-refractivity contribution in [3.8, 4) is 0 Å². The Morgan fingerprint density at radius 2 is 2.12 bits per heavy atom. The summed E-state index contributed by atoms with van der Waals surface area (Å²) in [5.41, 5.74) is 1.33. The third kappa shape index (κ3) is 2.19. The van der Waals surface area contributed by atoms with Crippen molar-refractivity contribution >= 4 is 28.5 Å². The molecule has 1 heterocycles.